The van der Waals surface area contributed by atoms with E-state index in [1.807, 2.05) is 6.07 Å². The van der Waals surface area contributed by atoms with Crippen molar-refractivity contribution >= 4 is 11.9 Å². The maximum atomic E-state index is 11.7. The fourth-order valence-corrected chi connectivity index (χ4v) is 0.976. The molecule has 0 atom stereocenters. The maximum Gasteiger partial charge on any atom is 0.415 e. The predicted molar refractivity (Wildman–Crippen MR) is 61.4 cm³/mol. The molecule has 1 rings (SSSR count). The molecular weight excluding hydrogens is 220 g/mol. The lowest BCUT2D eigenvalue weighted by Gasteiger charge is -2.23. The number of nitriles is 1. The van der Waals surface area contributed by atoms with Crippen LogP contribution in [0.5, 0.6) is 0 Å². The number of carbonyl (C=O) groups is 1. The van der Waals surface area contributed by atoms with E-state index >= 15 is 0 Å². The van der Waals surface area contributed by atoms with E-state index in [2.05, 4.69) is 9.97 Å². The minimum atomic E-state index is -0.564. The van der Waals surface area contributed by atoms with Crippen molar-refractivity contribution in [3.8, 4) is 6.07 Å². The zero-order valence-corrected chi connectivity index (χ0v) is 10.3. The van der Waals surface area contributed by atoms with E-state index in [9.17, 15) is 4.79 Å². The molecule has 0 aromatic carbocycles. The van der Waals surface area contributed by atoms with Gasteiger partial charge in [0.1, 0.15) is 11.7 Å². The number of hydrogen-bond donors (Lipinski definition) is 0. The number of amides is 1. The quantitative estimate of drug-likeness (QED) is 0.739. The Morgan fingerprint density at radius 2 is 2.06 bits per heavy atom. The molecule has 0 saturated heterocycles. The van der Waals surface area contributed by atoms with Crippen LogP contribution in [-0.2, 0) is 4.74 Å². The van der Waals surface area contributed by atoms with E-state index < -0.39 is 11.7 Å². The van der Waals surface area contributed by atoms with E-state index in [-0.39, 0.29) is 5.69 Å². The molecule has 6 heteroatoms. The number of hydrogen-bond acceptors (Lipinski definition) is 5. The molecule has 0 aliphatic rings. The number of ether oxygens (including phenoxy) is 1. The summed E-state index contributed by atoms with van der Waals surface area (Å²) in [4.78, 5) is 20.7. The van der Waals surface area contributed by atoms with Crippen LogP contribution in [0.2, 0.25) is 0 Å². The van der Waals surface area contributed by atoms with Gasteiger partial charge >= 0.3 is 6.09 Å². The van der Waals surface area contributed by atoms with Gasteiger partial charge in [-0.3, -0.25) is 4.90 Å². The summed E-state index contributed by atoms with van der Waals surface area (Å²) in [6.45, 7) is 5.34. The third-order valence-electron chi connectivity index (χ3n) is 1.76. The molecule has 1 amide bonds. The SMILES string of the molecule is CN(C(=O)OC(C)(C)C)c1cnc(C#N)cn1. The third-order valence-corrected chi connectivity index (χ3v) is 1.76. The Morgan fingerprint density at radius 1 is 1.41 bits per heavy atom. The van der Waals surface area contributed by atoms with Crippen LogP contribution in [-0.4, -0.2) is 28.7 Å². The minimum absolute atomic E-state index is 0.200. The standard InChI is InChI=1S/C11H14N4O2/c1-11(2,3)17-10(16)15(4)9-7-13-8(5-12)6-14-9/h6-7H,1-4H3. The Labute approximate surface area is 99.9 Å². The molecule has 1 aromatic heterocycles. The minimum Gasteiger partial charge on any atom is -0.443 e. The molecule has 17 heavy (non-hydrogen) atoms. The van der Waals surface area contributed by atoms with Crippen LogP contribution >= 0.6 is 0 Å². The molecule has 0 aliphatic heterocycles. The van der Waals surface area contributed by atoms with Gasteiger partial charge in [0.25, 0.3) is 0 Å². The first-order valence-electron chi connectivity index (χ1n) is 5.02. The van der Waals surface area contributed by atoms with Gasteiger partial charge in [-0.2, -0.15) is 5.26 Å². The summed E-state index contributed by atoms with van der Waals surface area (Å²) in [7, 11) is 1.53. The summed E-state index contributed by atoms with van der Waals surface area (Å²) in [5.41, 5.74) is -0.364. The van der Waals surface area contributed by atoms with Gasteiger partial charge in [-0.15, -0.1) is 0 Å². The van der Waals surface area contributed by atoms with Crippen molar-refractivity contribution < 1.29 is 9.53 Å². The molecule has 0 N–H and O–H groups in total. The second-order valence-electron chi connectivity index (χ2n) is 4.41. The van der Waals surface area contributed by atoms with Gasteiger partial charge in [0.2, 0.25) is 0 Å². The number of carbonyl (C=O) groups excluding carboxylic acids is 1. The second-order valence-corrected chi connectivity index (χ2v) is 4.41. The lowest BCUT2D eigenvalue weighted by molar-refractivity contribution is 0.0588. The smallest absolute Gasteiger partial charge is 0.415 e. The van der Waals surface area contributed by atoms with Crippen molar-refractivity contribution in [2.24, 2.45) is 0 Å². The fraction of sp³-hybridized carbons (Fsp3) is 0.455. The molecule has 0 spiro atoms. The first-order chi connectivity index (χ1) is 7.83. The van der Waals surface area contributed by atoms with Gasteiger partial charge in [-0.1, -0.05) is 0 Å². The largest absolute Gasteiger partial charge is 0.443 e. The summed E-state index contributed by atoms with van der Waals surface area (Å²) in [5.74, 6) is 0.332. The van der Waals surface area contributed by atoms with Crippen LogP contribution in [0.25, 0.3) is 0 Å². The van der Waals surface area contributed by atoms with Crippen molar-refractivity contribution in [1.29, 1.82) is 5.26 Å². The highest BCUT2D eigenvalue weighted by Crippen LogP contribution is 2.13. The highest BCUT2D eigenvalue weighted by molar-refractivity contribution is 5.85. The molecule has 1 heterocycles. The molecule has 1 aromatic rings. The summed E-state index contributed by atoms with van der Waals surface area (Å²) in [5, 5.41) is 8.57. The molecule has 90 valence electrons. The Morgan fingerprint density at radius 3 is 2.47 bits per heavy atom. The van der Waals surface area contributed by atoms with Crippen molar-refractivity contribution in [2.45, 2.75) is 26.4 Å². The normalized spacial score (nSPS) is 10.5. The fourth-order valence-electron chi connectivity index (χ4n) is 0.976. The molecule has 6 nitrogen and oxygen atoms in total. The highest BCUT2D eigenvalue weighted by Gasteiger charge is 2.21. The molecule has 0 saturated carbocycles. The van der Waals surface area contributed by atoms with E-state index in [0.717, 1.165) is 0 Å². The Hall–Kier alpha value is -2.16. The van der Waals surface area contributed by atoms with Crippen LogP contribution < -0.4 is 4.90 Å². The van der Waals surface area contributed by atoms with Gasteiger partial charge < -0.3 is 4.74 Å². The van der Waals surface area contributed by atoms with Crippen LogP contribution in [0.15, 0.2) is 12.4 Å². The topological polar surface area (TPSA) is 79.1 Å². The number of aromatic nitrogens is 2. The molecule has 0 unspecified atom stereocenters. The number of nitrogens with zero attached hydrogens (tertiary/aromatic N) is 4. The van der Waals surface area contributed by atoms with Gasteiger partial charge in [0, 0.05) is 7.05 Å². The van der Waals surface area contributed by atoms with E-state index in [1.54, 1.807) is 20.8 Å². The van der Waals surface area contributed by atoms with E-state index in [0.29, 0.717) is 5.82 Å². The summed E-state index contributed by atoms with van der Waals surface area (Å²) < 4.78 is 5.16. The summed E-state index contributed by atoms with van der Waals surface area (Å²) >= 11 is 0. The molecule has 0 aliphatic carbocycles. The lowest BCUT2D eigenvalue weighted by Crippen LogP contribution is -2.34. The van der Waals surface area contributed by atoms with Crippen LogP contribution in [0.4, 0.5) is 10.6 Å². The van der Waals surface area contributed by atoms with Gasteiger partial charge in [0.05, 0.1) is 12.4 Å². The van der Waals surface area contributed by atoms with Crippen LogP contribution in [0.1, 0.15) is 26.5 Å². The van der Waals surface area contributed by atoms with Crippen LogP contribution in [0, 0.1) is 11.3 Å². The summed E-state index contributed by atoms with van der Waals surface area (Å²) in [6, 6.07) is 1.85. The van der Waals surface area contributed by atoms with Gasteiger partial charge in [-0.05, 0) is 20.8 Å². The molecule has 0 fully saturated rings. The Bertz CT molecular complexity index is 442. The van der Waals surface area contributed by atoms with E-state index in [4.69, 9.17) is 10.00 Å². The van der Waals surface area contributed by atoms with Crippen molar-refractivity contribution in [1.82, 2.24) is 9.97 Å². The van der Waals surface area contributed by atoms with Crippen molar-refractivity contribution in [2.75, 3.05) is 11.9 Å². The number of rotatable bonds is 1. The Kier molecular flexibility index (Phi) is 3.63. The monoisotopic (exact) mass is 234 g/mol. The van der Waals surface area contributed by atoms with E-state index in [1.165, 1.54) is 24.3 Å². The average molecular weight is 234 g/mol. The molecule has 0 bridgehead atoms. The zero-order valence-electron chi connectivity index (χ0n) is 10.3. The highest BCUT2D eigenvalue weighted by atomic mass is 16.6. The lowest BCUT2D eigenvalue weighted by atomic mass is 10.2. The average Bonchev–Trinajstić information content (AvgIpc) is 2.26. The Balaban J connectivity index is 2.79. The molecular formula is C11H14N4O2. The second kappa shape index (κ2) is 4.78. The molecule has 0 radical (unpaired) electrons. The third kappa shape index (κ3) is 3.72. The zero-order chi connectivity index (χ0) is 13.1. The van der Waals surface area contributed by atoms with Gasteiger partial charge in [-0.25, -0.2) is 14.8 Å². The maximum absolute atomic E-state index is 11.7. The first kappa shape index (κ1) is 12.9. The first-order valence-corrected chi connectivity index (χ1v) is 5.02. The van der Waals surface area contributed by atoms with Crippen molar-refractivity contribution in [3.63, 3.8) is 0 Å². The summed E-state index contributed by atoms with van der Waals surface area (Å²) in [6.07, 6.45) is 2.13. The number of anilines is 1. The van der Waals surface area contributed by atoms with Crippen molar-refractivity contribution in [3.05, 3.63) is 18.1 Å². The predicted octanol–water partition coefficient (Wildman–Crippen LogP) is 1.72. The van der Waals surface area contributed by atoms with Gasteiger partial charge in [0.15, 0.2) is 11.5 Å². The van der Waals surface area contributed by atoms with Crippen LogP contribution in [0.3, 0.4) is 0 Å².